The zero-order valence-corrected chi connectivity index (χ0v) is 9.49. The van der Waals surface area contributed by atoms with Crippen molar-refractivity contribution in [2.75, 3.05) is 0 Å². The summed E-state index contributed by atoms with van der Waals surface area (Å²) in [5.74, 6) is -0.144. The van der Waals surface area contributed by atoms with Gasteiger partial charge in [-0.05, 0) is 33.8 Å². The van der Waals surface area contributed by atoms with E-state index in [1.807, 2.05) is 5.32 Å². The van der Waals surface area contributed by atoms with Crippen LogP contribution in [0.15, 0.2) is 12.7 Å². The van der Waals surface area contributed by atoms with E-state index in [1.165, 1.54) is 27.7 Å². The molecule has 0 rings (SSSR count). The Morgan fingerprint density at radius 3 is 1.33 bits per heavy atom. The van der Waals surface area contributed by atoms with Gasteiger partial charge >= 0.3 is 0 Å². The molecule has 5 heteroatoms. The number of hydrogen-bond donors (Lipinski definition) is 1. The molecule has 5 nitrogen and oxygen atoms in total. The van der Waals surface area contributed by atoms with E-state index in [1.54, 1.807) is 0 Å². The molecule has 0 aromatic rings. The van der Waals surface area contributed by atoms with Gasteiger partial charge in [0.1, 0.15) is 11.6 Å². The van der Waals surface area contributed by atoms with Crippen LogP contribution in [-0.2, 0) is 19.2 Å². The standard InChI is InChI=1S/C4H5NO2.2C3H6O/c1-2-4(7)5-3-6;2*1-3(2)4/h2-3H,1H2,(H,5,6,7);2*1-2H3. The molecule has 0 aliphatic heterocycles. The van der Waals surface area contributed by atoms with E-state index in [4.69, 9.17) is 0 Å². The molecule has 0 unspecified atom stereocenters. The third kappa shape index (κ3) is 123. The first-order chi connectivity index (χ1) is 6.77. The van der Waals surface area contributed by atoms with Crippen molar-refractivity contribution in [1.29, 1.82) is 0 Å². The van der Waals surface area contributed by atoms with Gasteiger partial charge in [-0.2, -0.15) is 0 Å². The van der Waals surface area contributed by atoms with Crippen molar-refractivity contribution in [3.63, 3.8) is 0 Å². The van der Waals surface area contributed by atoms with E-state index in [2.05, 4.69) is 6.58 Å². The number of ketones is 2. The topological polar surface area (TPSA) is 80.3 Å². The smallest absolute Gasteiger partial charge is 0.249 e. The minimum absolute atomic E-state index is 0.167. The molecule has 0 fully saturated rings. The number of amides is 2. The zero-order chi connectivity index (χ0) is 12.9. The second kappa shape index (κ2) is 14.7. The van der Waals surface area contributed by atoms with Crippen LogP contribution in [0.1, 0.15) is 27.7 Å². The van der Waals surface area contributed by atoms with Gasteiger partial charge in [-0.3, -0.25) is 14.9 Å². The number of hydrogen-bond acceptors (Lipinski definition) is 4. The summed E-state index contributed by atoms with van der Waals surface area (Å²) >= 11 is 0. The minimum atomic E-state index is -0.477. The van der Waals surface area contributed by atoms with E-state index < -0.39 is 5.91 Å². The molecular weight excluding hydrogens is 198 g/mol. The van der Waals surface area contributed by atoms with Crippen LogP contribution in [0.4, 0.5) is 0 Å². The third-order valence-corrected chi connectivity index (χ3v) is 0.387. The lowest BCUT2D eigenvalue weighted by Gasteiger charge is -1.81. The Morgan fingerprint density at radius 2 is 1.27 bits per heavy atom. The predicted octanol–water partition coefficient (Wildman–Crippen LogP) is 0.636. The van der Waals surface area contributed by atoms with Crippen molar-refractivity contribution in [2.24, 2.45) is 0 Å². The highest BCUT2D eigenvalue weighted by atomic mass is 16.2. The Bertz CT molecular complexity index is 214. The van der Waals surface area contributed by atoms with Crippen LogP contribution in [0.25, 0.3) is 0 Å². The average molecular weight is 215 g/mol. The lowest BCUT2D eigenvalue weighted by Crippen LogP contribution is -2.17. The summed E-state index contributed by atoms with van der Waals surface area (Å²) in [5, 5.41) is 1.86. The van der Waals surface area contributed by atoms with Gasteiger partial charge < -0.3 is 9.59 Å². The number of rotatable bonds is 2. The van der Waals surface area contributed by atoms with Gasteiger partial charge in [-0.25, -0.2) is 0 Å². The highest BCUT2D eigenvalue weighted by Crippen LogP contribution is 1.57. The SMILES string of the molecule is C=CC(=O)NC=O.CC(C)=O.CC(C)=O. The van der Waals surface area contributed by atoms with Gasteiger partial charge in [-0.1, -0.05) is 6.58 Å². The number of Topliss-reactive ketones (excluding diaryl/α,β-unsaturated/α-hetero) is 2. The molecule has 0 aromatic heterocycles. The lowest BCUT2D eigenvalue weighted by atomic mass is 10.6. The minimum Gasteiger partial charge on any atom is -0.300 e. The number of imide groups is 1. The summed E-state index contributed by atoms with van der Waals surface area (Å²) in [6.45, 7) is 9.22. The normalized spacial score (nSPS) is 6.67. The second-order valence-corrected chi connectivity index (χ2v) is 2.65. The molecule has 0 atom stereocenters. The van der Waals surface area contributed by atoms with Crippen LogP contribution in [0, 0.1) is 0 Å². The summed E-state index contributed by atoms with van der Waals surface area (Å²) in [7, 11) is 0. The van der Waals surface area contributed by atoms with Crippen molar-refractivity contribution in [3.8, 4) is 0 Å². The summed E-state index contributed by atoms with van der Waals surface area (Å²) < 4.78 is 0. The van der Waals surface area contributed by atoms with Gasteiger partial charge in [-0.15, -0.1) is 0 Å². The van der Waals surface area contributed by atoms with Crippen LogP contribution >= 0.6 is 0 Å². The Hall–Kier alpha value is -1.78. The van der Waals surface area contributed by atoms with Crippen molar-refractivity contribution >= 4 is 23.9 Å². The molecule has 2 amide bonds. The van der Waals surface area contributed by atoms with E-state index in [-0.39, 0.29) is 11.6 Å². The average Bonchev–Trinajstić information content (AvgIpc) is 2.02. The van der Waals surface area contributed by atoms with E-state index in [0.717, 1.165) is 6.08 Å². The highest BCUT2D eigenvalue weighted by Gasteiger charge is 1.84. The fourth-order valence-electron chi connectivity index (χ4n) is 0.117. The van der Waals surface area contributed by atoms with Gasteiger partial charge in [0.25, 0.3) is 0 Å². The highest BCUT2D eigenvalue weighted by molar-refractivity contribution is 5.93. The van der Waals surface area contributed by atoms with Crippen LogP contribution in [0.5, 0.6) is 0 Å². The fourth-order valence-corrected chi connectivity index (χ4v) is 0.117. The maximum absolute atomic E-state index is 9.95. The Morgan fingerprint density at radius 1 is 1.00 bits per heavy atom. The molecule has 0 bridgehead atoms. The van der Waals surface area contributed by atoms with Crippen molar-refractivity contribution in [3.05, 3.63) is 12.7 Å². The van der Waals surface area contributed by atoms with Crippen LogP contribution in [-0.4, -0.2) is 23.9 Å². The van der Waals surface area contributed by atoms with Crippen LogP contribution in [0.2, 0.25) is 0 Å². The molecule has 0 heterocycles. The first kappa shape index (κ1) is 18.9. The Labute approximate surface area is 89.5 Å². The first-order valence-corrected chi connectivity index (χ1v) is 4.08. The largest absolute Gasteiger partial charge is 0.300 e. The van der Waals surface area contributed by atoms with Gasteiger partial charge in [0.2, 0.25) is 12.3 Å². The van der Waals surface area contributed by atoms with E-state index in [0.29, 0.717) is 6.41 Å². The van der Waals surface area contributed by atoms with Gasteiger partial charge in [0, 0.05) is 0 Å². The first-order valence-electron chi connectivity index (χ1n) is 4.08. The molecule has 0 aliphatic rings. The fraction of sp³-hybridized carbons (Fsp3) is 0.400. The number of carbonyl (C=O) groups excluding carboxylic acids is 4. The summed E-state index contributed by atoms with van der Waals surface area (Å²) in [5.41, 5.74) is 0. The van der Waals surface area contributed by atoms with Crippen molar-refractivity contribution < 1.29 is 19.2 Å². The molecule has 15 heavy (non-hydrogen) atoms. The Balaban J connectivity index is -0.000000155. The summed E-state index contributed by atoms with van der Waals surface area (Å²) in [6, 6.07) is 0. The molecule has 0 aliphatic carbocycles. The van der Waals surface area contributed by atoms with E-state index >= 15 is 0 Å². The Kier molecular flexibility index (Phi) is 18.6. The number of nitrogens with one attached hydrogen (secondary N) is 1. The van der Waals surface area contributed by atoms with Gasteiger partial charge in [0.05, 0.1) is 0 Å². The molecule has 0 saturated heterocycles. The summed E-state index contributed by atoms with van der Waals surface area (Å²) in [4.78, 5) is 38.2. The quantitative estimate of drug-likeness (QED) is 0.541. The number of carbonyl (C=O) groups is 4. The lowest BCUT2D eigenvalue weighted by molar-refractivity contribution is -0.122. The van der Waals surface area contributed by atoms with E-state index in [9.17, 15) is 19.2 Å². The summed E-state index contributed by atoms with van der Waals surface area (Å²) in [6.07, 6.45) is 1.33. The van der Waals surface area contributed by atoms with Crippen molar-refractivity contribution in [2.45, 2.75) is 27.7 Å². The molecular formula is C10H17NO4. The van der Waals surface area contributed by atoms with Crippen LogP contribution < -0.4 is 5.32 Å². The monoisotopic (exact) mass is 215 g/mol. The molecule has 0 spiro atoms. The zero-order valence-electron chi connectivity index (χ0n) is 9.49. The molecule has 0 aromatic carbocycles. The van der Waals surface area contributed by atoms with Crippen LogP contribution in [0.3, 0.4) is 0 Å². The maximum atomic E-state index is 9.95. The van der Waals surface area contributed by atoms with Gasteiger partial charge in [0.15, 0.2) is 0 Å². The maximum Gasteiger partial charge on any atom is 0.249 e. The predicted molar refractivity (Wildman–Crippen MR) is 57.1 cm³/mol. The molecule has 1 N–H and O–H groups in total. The second-order valence-electron chi connectivity index (χ2n) is 2.65. The third-order valence-electron chi connectivity index (χ3n) is 0.387. The van der Waals surface area contributed by atoms with Crippen molar-refractivity contribution in [1.82, 2.24) is 5.32 Å². The molecule has 0 radical (unpaired) electrons. The molecule has 86 valence electrons. The molecule has 0 saturated carbocycles.